The van der Waals surface area contributed by atoms with Crippen LogP contribution in [0.1, 0.15) is 19.0 Å². The molecule has 3 nitrogen and oxygen atoms in total. The number of aryl methyl sites for hydroxylation is 1. The minimum Gasteiger partial charge on any atom is -0.368 e. The van der Waals surface area contributed by atoms with E-state index in [2.05, 4.69) is 22.1 Å². The molecule has 0 spiro atoms. The first-order chi connectivity index (χ1) is 10.2. The van der Waals surface area contributed by atoms with Gasteiger partial charge >= 0.3 is 0 Å². The van der Waals surface area contributed by atoms with Crippen LogP contribution in [0.5, 0.6) is 0 Å². The number of anilines is 1. The third-order valence-electron chi connectivity index (χ3n) is 3.82. The number of hydrogen-bond donors (Lipinski definition) is 1. The summed E-state index contributed by atoms with van der Waals surface area (Å²) in [6.45, 7) is 5.46. The Labute approximate surface area is 123 Å². The van der Waals surface area contributed by atoms with Crippen molar-refractivity contribution in [3.8, 4) is 0 Å². The predicted octanol–water partition coefficient (Wildman–Crippen LogP) is 2.88. The highest BCUT2D eigenvalue weighted by Gasteiger charge is 2.18. The molecule has 3 rings (SSSR count). The molecule has 0 aliphatic carbocycles. The number of aromatic nitrogens is 1. The quantitative estimate of drug-likeness (QED) is 0.942. The smallest absolute Gasteiger partial charge is 0.137 e. The third-order valence-corrected chi connectivity index (χ3v) is 3.82. The second kappa shape index (κ2) is 5.93. The molecule has 0 atom stereocenters. The molecule has 21 heavy (non-hydrogen) atoms. The summed E-state index contributed by atoms with van der Waals surface area (Å²) in [5, 5.41) is 3.71. The van der Waals surface area contributed by atoms with Gasteiger partial charge in [0.2, 0.25) is 0 Å². The number of benzene rings is 1. The number of fused-ring (bicyclic) bond motifs is 1. The van der Waals surface area contributed by atoms with Crippen molar-refractivity contribution in [2.24, 2.45) is 0 Å². The zero-order valence-corrected chi connectivity index (χ0v) is 12.1. The van der Waals surface area contributed by atoms with Gasteiger partial charge in [0.25, 0.3) is 0 Å². The lowest BCUT2D eigenvalue weighted by molar-refractivity contribution is 0.582. The minimum absolute atomic E-state index is 0.409. The van der Waals surface area contributed by atoms with E-state index in [1.807, 2.05) is 6.07 Å². The zero-order valence-electron chi connectivity index (χ0n) is 12.1. The Morgan fingerprint density at radius 2 is 1.95 bits per heavy atom. The largest absolute Gasteiger partial charge is 0.368 e. The lowest BCUT2D eigenvalue weighted by atomic mass is 10.1. The van der Waals surface area contributed by atoms with E-state index >= 15 is 0 Å². The molecule has 1 aromatic carbocycles. The first-order valence-corrected chi connectivity index (χ1v) is 7.43. The second-order valence-electron chi connectivity index (χ2n) is 5.40. The average molecular weight is 291 g/mol. The summed E-state index contributed by atoms with van der Waals surface area (Å²) >= 11 is 0. The van der Waals surface area contributed by atoms with Crippen molar-refractivity contribution >= 4 is 16.6 Å². The SMILES string of the molecule is CCCc1cc(N2CCNCC2)c2c(F)cc(F)cc2n1. The second-order valence-corrected chi connectivity index (χ2v) is 5.40. The van der Waals surface area contributed by atoms with Crippen LogP contribution in [-0.4, -0.2) is 31.2 Å². The molecule has 5 heteroatoms. The van der Waals surface area contributed by atoms with Crippen LogP contribution < -0.4 is 10.2 Å². The third kappa shape index (κ3) is 2.83. The van der Waals surface area contributed by atoms with Crippen molar-refractivity contribution in [1.82, 2.24) is 10.3 Å². The highest BCUT2D eigenvalue weighted by atomic mass is 19.1. The predicted molar refractivity (Wildman–Crippen MR) is 80.7 cm³/mol. The Morgan fingerprint density at radius 1 is 1.19 bits per heavy atom. The van der Waals surface area contributed by atoms with Gasteiger partial charge in [0.05, 0.1) is 16.6 Å². The lowest BCUT2D eigenvalue weighted by Crippen LogP contribution is -2.43. The normalized spacial score (nSPS) is 15.7. The maximum atomic E-state index is 14.3. The van der Waals surface area contributed by atoms with Crippen LogP contribution in [0.15, 0.2) is 18.2 Å². The number of rotatable bonds is 3. The van der Waals surface area contributed by atoms with Crippen molar-refractivity contribution in [2.45, 2.75) is 19.8 Å². The van der Waals surface area contributed by atoms with E-state index in [9.17, 15) is 8.78 Å². The Hall–Kier alpha value is -1.75. The van der Waals surface area contributed by atoms with Crippen molar-refractivity contribution in [3.05, 3.63) is 35.5 Å². The fourth-order valence-electron chi connectivity index (χ4n) is 2.86. The van der Waals surface area contributed by atoms with Gasteiger partial charge in [0, 0.05) is 44.0 Å². The minimum atomic E-state index is -0.576. The van der Waals surface area contributed by atoms with E-state index in [1.165, 1.54) is 6.07 Å². The number of nitrogens with zero attached hydrogens (tertiary/aromatic N) is 2. The van der Waals surface area contributed by atoms with E-state index in [1.54, 1.807) is 0 Å². The first kappa shape index (κ1) is 14.2. The molecule has 1 aromatic heterocycles. The van der Waals surface area contributed by atoms with Gasteiger partial charge in [-0.15, -0.1) is 0 Å². The van der Waals surface area contributed by atoms with Crippen LogP contribution in [0.4, 0.5) is 14.5 Å². The van der Waals surface area contributed by atoms with Crippen LogP contribution in [0.3, 0.4) is 0 Å². The number of piperazine rings is 1. The molecular formula is C16H19F2N3. The van der Waals surface area contributed by atoms with Gasteiger partial charge in [-0.05, 0) is 12.5 Å². The molecule has 2 heterocycles. The van der Waals surface area contributed by atoms with E-state index < -0.39 is 11.6 Å². The van der Waals surface area contributed by atoms with Gasteiger partial charge in [-0.2, -0.15) is 0 Å². The van der Waals surface area contributed by atoms with Crippen LogP contribution in [0.25, 0.3) is 10.9 Å². The van der Waals surface area contributed by atoms with E-state index in [4.69, 9.17) is 0 Å². The van der Waals surface area contributed by atoms with E-state index in [0.29, 0.717) is 10.9 Å². The Bertz CT molecular complexity index is 652. The highest BCUT2D eigenvalue weighted by Crippen LogP contribution is 2.30. The monoisotopic (exact) mass is 291 g/mol. The van der Waals surface area contributed by atoms with Gasteiger partial charge < -0.3 is 10.2 Å². The molecule has 2 aromatic rings. The number of nitrogens with one attached hydrogen (secondary N) is 1. The van der Waals surface area contributed by atoms with Crippen molar-refractivity contribution in [2.75, 3.05) is 31.1 Å². The first-order valence-electron chi connectivity index (χ1n) is 7.43. The topological polar surface area (TPSA) is 28.2 Å². The molecule has 112 valence electrons. The molecule has 1 N–H and O–H groups in total. The Kier molecular flexibility index (Phi) is 4.01. The Balaban J connectivity index is 2.18. The van der Waals surface area contributed by atoms with Gasteiger partial charge in [0.1, 0.15) is 11.6 Å². The van der Waals surface area contributed by atoms with Crippen molar-refractivity contribution in [1.29, 1.82) is 0 Å². The molecule has 0 amide bonds. The van der Waals surface area contributed by atoms with Crippen LogP contribution >= 0.6 is 0 Å². The summed E-state index contributed by atoms with van der Waals surface area (Å²) in [6, 6.07) is 4.22. The lowest BCUT2D eigenvalue weighted by Gasteiger charge is -2.30. The van der Waals surface area contributed by atoms with Gasteiger partial charge in [-0.1, -0.05) is 13.3 Å². The maximum Gasteiger partial charge on any atom is 0.137 e. The van der Waals surface area contributed by atoms with Crippen molar-refractivity contribution < 1.29 is 8.78 Å². The van der Waals surface area contributed by atoms with Crippen LogP contribution in [-0.2, 0) is 6.42 Å². The van der Waals surface area contributed by atoms with Crippen molar-refractivity contribution in [3.63, 3.8) is 0 Å². The summed E-state index contributed by atoms with van der Waals surface area (Å²) < 4.78 is 27.7. The standard InChI is InChI=1S/C16H19F2N3/c1-2-3-12-10-15(21-6-4-19-5-7-21)16-13(18)8-11(17)9-14(16)20-12/h8-10,19H,2-7H2,1H3. The fraction of sp³-hybridized carbons (Fsp3) is 0.438. The molecule has 1 aliphatic rings. The molecular weight excluding hydrogens is 272 g/mol. The number of halogens is 2. The summed E-state index contributed by atoms with van der Waals surface area (Å²) in [6.07, 6.45) is 1.77. The summed E-state index contributed by atoms with van der Waals surface area (Å²) in [4.78, 5) is 6.57. The summed E-state index contributed by atoms with van der Waals surface area (Å²) in [5.41, 5.74) is 2.14. The van der Waals surface area contributed by atoms with Gasteiger partial charge in [-0.25, -0.2) is 8.78 Å². The highest BCUT2D eigenvalue weighted by molar-refractivity contribution is 5.92. The summed E-state index contributed by atoms with van der Waals surface area (Å²) in [7, 11) is 0. The Morgan fingerprint density at radius 3 is 2.67 bits per heavy atom. The molecule has 0 bridgehead atoms. The zero-order chi connectivity index (χ0) is 14.8. The molecule has 1 saturated heterocycles. The van der Waals surface area contributed by atoms with Crippen LogP contribution in [0, 0.1) is 11.6 Å². The number of pyridine rings is 1. The average Bonchev–Trinajstić information content (AvgIpc) is 2.47. The molecule has 0 unspecified atom stereocenters. The molecule has 1 aliphatic heterocycles. The molecule has 1 fully saturated rings. The van der Waals surface area contributed by atoms with Gasteiger partial charge in [-0.3, -0.25) is 4.98 Å². The van der Waals surface area contributed by atoms with Gasteiger partial charge in [0.15, 0.2) is 0 Å². The van der Waals surface area contributed by atoms with E-state index in [0.717, 1.165) is 56.5 Å². The molecule has 0 radical (unpaired) electrons. The fourth-order valence-corrected chi connectivity index (χ4v) is 2.86. The molecule has 0 saturated carbocycles. The number of hydrogen-bond acceptors (Lipinski definition) is 3. The maximum absolute atomic E-state index is 14.3. The summed E-state index contributed by atoms with van der Waals surface area (Å²) in [5.74, 6) is -1.11. The van der Waals surface area contributed by atoms with Crippen LogP contribution in [0.2, 0.25) is 0 Å². The van der Waals surface area contributed by atoms with E-state index in [-0.39, 0.29) is 0 Å².